The van der Waals surface area contributed by atoms with Crippen LogP contribution in [0.2, 0.25) is 0 Å². The molecule has 0 aromatic carbocycles. The van der Waals surface area contributed by atoms with Crippen LogP contribution in [0, 0.1) is 6.92 Å². The van der Waals surface area contributed by atoms with Crippen LogP contribution in [0.15, 0.2) is 47.0 Å². The van der Waals surface area contributed by atoms with Gasteiger partial charge in [-0.3, -0.25) is 14.2 Å². The molecule has 0 aliphatic carbocycles. The summed E-state index contributed by atoms with van der Waals surface area (Å²) < 4.78 is 11.6. The van der Waals surface area contributed by atoms with E-state index in [-0.39, 0.29) is 11.5 Å². The molecule has 3 aromatic heterocycles. The summed E-state index contributed by atoms with van der Waals surface area (Å²) in [5.74, 6) is 0.0926. The second-order valence-corrected chi connectivity index (χ2v) is 7.23. The van der Waals surface area contributed by atoms with E-state index in [0.717, 1.165) is 5.01 Å². The Bertz CT molecular complexity index is 1020. The van der Waals surface area contributed by atoms with Crippen molar-refractivity contribution >= 4 is 17.2 Å². The molecule has 0 saturated carbocycles. The minimum Gasteiger partial charge on any atom is -0.481 e. The third-order valence-corrected chi connectivity index (χ3v) is 5.15. The zero-order valence-corrected chi connectivity index (χ0v) is 17.3. The number of aromatic nitrogens is 3. The average molecular weight is 414 g/mol. The van der Waals surface area contributed by atoms with Gasteiger partial charge in [0.1, 0.15) is 10.6 Å². The predicted octanol–water partition coefficient (Wildman–Crippen LogP) is 2.29. The number of carbonyl (C=O) groups excluding carboxylic acids is 1. The lowest BCUT2D eigenvalue weighted by Gasteiger charge is -2.22. The van der Waals surface area contributed by atoms with E-state index in [9.17, 15) is 9.59 Å². The van der Waals surface area contributed by atoms with Gasteiger partial charge in [-0.2, -0.15) is 0 Å². The minimum atomic E-state index is -0.400. The maximum absolute atomic E-state index is 13.3. The molecule has 0 spiro atoms. The van der Waals surface area contributed by atoms with Crippen LogP contribution in [0.1, 0.15) is 20.9 Å². The van der Waals surface area contributed by atoms with Crippen LogP contribution in [0.4, 0.5) is 0 Å². The number of pyridine rings is 2. The molecule has 0 aliphatic heterocycles. The largest absolute Gasteiger partial charge is 0.481 e. The summed E-state index contributed by atoms with van der Waals surface area (Å²) in [4.78, 5) is 36.4. The van der Waals surface area contributed by atoms with Crippen LogP contribution in [-0.2, 0) is 11.3 Å². The van der Waals surface area contributed by atoms with Gasteiger partial charge >= 0.3 is 0 Å². The molecule has 3 rings (SSSR count). The van der Waals surface area contributed by atoms with E-state index in [1.165, 1.54) is 29.2 Å². The highest BCUT2D eigenvalue weighted by atomic mass is 32.1. The van der Waals surface area contributed by atoms with Crippen molar-refractivity contribution in [2.45, 2.75) is 13.5 Å². The van der Waals surface area contributed by atoms with Crippen molar-refractivity contribution in [3.05, 3.63) is 68.7 Å². The Morgan fingerprint density at radius 2 is 2.07 bits per heavy atom. The van der Waals surface area contributed by atoms with Gasteiger partial charge in [0.25, 0.3) is 11.5 Å². The summed E-state index contributed by atoms with van der Waals surface area (Å²) in [5.41, 5.74) is 0.881. The highest BCUT2D eigenvalue weighted by molar-refractivity contribution is 7.09. The van der Waals surface area contributed by atoms with Crippen LogP contribution in [0.5, 0.6) is 5.88 Å². The van der Waals surface area contributed by atoms with E-state index in [1.54, 1.807) is 49.5 Å². The molecule has 9 heteroatoms. The van der Waals surface area contributed by atoms with Crippen molar-refractivity contribution in [1.82, 2.24) is 19.4 Å². The summed E-state index contributed by atoms with van der Waals surface area (Å²) in [5, 5.41) is 2.65. The molecule has 0 radical (unpaired) electrons. The Hall–Kier alpha value is -3.04. The number of thiazole rings is 1. The molecule has 3 aromatic rings. The van der Waals surface area contributed by atoms with E-state index in [2.05, 4.69) is 9.97 Å². The minimum absolute atomic E-state index is 0.121. The molecule has 29 heavy (non-hydrogen) atoms. The summed E-state index contributed by atoms with van der Waals surface area (Å²) in [6.07, 6.45) is 4.86. The van der Waals surface area contributed by atoms with E-state index in [4.69, 9.17) is 9.47 Å². The van der Waals surface area contributed by atoms with Gasteiger partial charge in [0.15, 0.2) is 0 Å². The van der Waals surface area contributed by atoms with E-state index >= 15 is 0 Å². The fourth-order valence-electron chi connectivity index (χ4n) is 2.83. The van der Waals surface area contributed by atoms with Gasteiger partial charge in [-0.15, -0.1) is 11.3 Å². The number of rotatable bonds is 8. The Balaban J connectivity index is 1.98. The molecule has 8 nitrogen and oxygen atoms in total. The number of carbonyl (C=O) groups is 1. The monoisotopic (exact) mass is 414 g/mol. The Kier molecular flexibility index (Phi) is 6.73. The fraction of sp³-hybridized carbons (Fsp3) is 0.300. The first kappa shape index (κ1) is 20.7. The number of ether oxygens (including phenoxy) is 2. The van der Waals surface area contributed by atoms with Crippen LogP contribution in [0.3, 0.4) is 0 Å². The van der Waals surface area contributed by atoms with Gasteiger partial charge in [0.05, 0.1) is 32.1 Å². The zero-order chi connectivity index (χ0) is 20.8. The fourth-order valence-corrected chi connectivity index (χ4v) is 3.46. The van der Waals surface area contributed by atoms with Crippen molar-refractivity contribution in [1.29, 1.82) is 0 Å². The number of hydrogen-bond acceptors (Lipinski definition) is 7. The molecule has 0 unspecified atom stereocenters. The van der Waals surface area contributed by atoms with Gasteiger partial charge in [-0.25, -0.2) is 9.97 Å². The first-order valence-corrected chi connectivity index (χ1v) is 9.82. The maximum Gasteiger partial charge on any atom is 0.268 e. The van der Waals surface area contributed by atoms with Gasteiger partial charge in [0.2, 0.25) is 5.88 Å². The van der Waals surface area contributed by atoms with Crippen LogP contribution < -0.4 is 10.3 Å². The molecule has 3 heterocycles. The lowest BCUT2D eigenvalue weighted by Crippen LogP contribution is -2.38. The summed E-state index contributed by atoms with van der Waals surface area (Å²) in [7, 11) is 3.09. The molecule has 0 bridgehead atoms. The van der Waals surface area contributed by atoms with Gasteiger partial charge in [0, 0.05) is 37.5 Å². The second-order valence-electron chi connectivity index (χ2n) is 6.25. The van der Waals surface area contributed by atoms with E-state index < -0.39 is 5.56 Å². The number of amides is 1. The van der Waals surface area contributed by atoms with Crippen molar-refractivity contribution in [2.75, 3.05) is 27.4 Å². The van der Waals surface area contributed by atoms with Crippen molar-refractivity contribution in [3.8, 4) is 11.6 Å². The SMILES string of the molecule is COCCN(Cc1nccs1)C(=O)c1c(C)ccn(-c2ccc(OC)nc2)c1=O. The Morgan fingerprint density at radius 1 is 1.24 bits per heavy atom. The van der Waals surface area contributed by atoms with Gasteiger partial charge in [-0.1, -0.05) is 0 Å². The highest BCUT2D eigenvalue weighted by Gasteiger charge is 2.23. The number of methoxy groups -OCH3 is 2. The van der Waals surface area contributed by atoms with Crippen LogP contribution >= 0.6 is 11.3 Å². The van der Waals surface area contributed by atoms with Gasteiger partial charge < -0.3 is 14.4 Å². The molecule has 0 saturated heterocycles. The van der Waals surface area contributed by atoms with E-state index in [1.807, 2.05) is 5.38 Å². The Morgan fingerprint density at radius 3 is 2.69 bits per heavy atom. The summed E-state index contributed by atoms with van der Waals surface area (Å²) in [6.45, 7) is 2.78. The van der Waals surface area contributed by atoms with E-state index in [0.29, 0.717) is 36.8 Å². The smallest absolute Gasteiger partial charge is 0.268 e. The van der Waals surface area contributed by atoms with Crippen molar-refractivity contribution in [3.63, 3.8) is 0 Å². The average Bonchev–Trinajstić information content (AvgIpc) is 3.24. The second kappa shape index (κ2) is 9.44. The molecular weight excluding hydrogens is 392 g/mol. The quantitative estimate of drug-likeness (QED) is 0.562. The molecule has 0 atom stereocenters. The number of nitrogens with zero attached hydrogens (tertiary/aromatic N) is 4. The first-order valence-electron chi connectivity index (χ1n) is 8.94. The van der Waals surface area contributed by atoms with Crippen molar-refractivity contribution < 1.29 is 14.3 Å². The standard InChI is InChI=1S/C20H22N4O4S/c1-14-6-8-24(15-4-5-16(28-3)22-12-15)20(26)18(14)19(25)23(9-10-27-2)13-17-21-7-11-29-17/h4-8,11-12H,9-10,13H2,1-3H3. The van der Waals surface area contributed by atoms with Gasteiger partial charge in [-0.05, 0) is 24.6 Å². The number of hydrogen-bond donors (Lipinski definition) is 0. The molecule has 0 N–H and O–H groups in total. The molecular formula is C20H22N4O4S. The normalized spacial score (nSPS) is 10.7. The third kappa shape index (κ3) is 4.69. The first-order chi connectivity index (χ1) is 14.0. The zero-order valence-electron chi connectivity index (χ0n) is 16.5. The Labute approximate surface area is 172 Å². The van der Waals surface area contributed by atoms with Crippen LogP contribution in [0.25, 0.3) is 5.69 Å². The number of aryl methyl sites for hydroxylation is 1. The molecule has 1 amide bonds. The maximum atomic E-state index is 13.3. The molecule has 0 fully saturated rings. The highest BCUT2D eigenvalue weighted by Crippen LogP contribution is 2.15. The molecule has 0 aliphatic rings. The lowest BCUT2D eigenvalue weighted by atomic mass is 10.1. The van der Waals surface area contributed by atoms with Crippen molar-refractivity contribution in [2.24, 2.45) is 0 Å². The molecule has 152 valence electrons. The lowest BCUT2D eigenvalue weighted by molar-refractivity contribution is 0.0677. The van der Waals surface area contributed by atoms with Crippen LogP contribution in [-0.4, -0.2) is 52.7 Å². The summed E-state index contributed by atoms with van der Waals surface area (Å²) in [6, 6.07) is 5.13. The third-order valence-electron chi connectivity index (χ3n) is 4.38. The predicted molar refractivity (Wildman–Crippen MR) is 110 cm³/mol. The summed E-state index contributed by atoms with van der Waals surface area (Å²) >= 11 is 1.46. The topological polar surface area (TPSA) is 86.6 Å².